The molecule has 0 radical (unpaired) electrons. The Bertz CT molecular complexity index is 506. The molecule has 0 aromatic carbocycles. The third kappa shape index (κ3) is 2.39. The summed E-state index contributed by atoms with van der Waals surface area (Å²) in [4.78, 5) is 4.30. The number of unbranched alkanes of at least 4 members (excludes halogenated alkanes) is 1. The van der Waals surface area contributed by atoms with Gasteiger partial charge in [0.1, 0.15) is 0 Å². The molecule has 92 valence electrons. The topological polar surface area (TPSA) is 65.4 Å². The maximum absolute atomic E-state index is 5.63. The van der Waals surface area contributed by atoms with Crippen LogP contribution in [0.1, 0.15) is 31.0 Å². The standard InChI is InChI=1S/C12H18N4O/c1-3-4-5-17-12-6-11-14-8-10(7-13)9(2)16(11)15-12/h6,8H,3-5,7,13H2,1-2H3. The summed E-state index contributed by atoms with van der Waals surface area (Å²) in [6, 6.07) is 1.85. The van der Waals surface area contributed by atoms with Crippen LogP contribution in [-0.2, 0) is 6.54 Å². The zero-order valence-corrected chi connectivity index (χ0v) is 10.3. The van der Waals surface area contributed by atoms with Gasteiger partial charge in [-0.2, -0.15) is 0 Å². The lowest BCUT2D eigenvalue weighted by Crippen LogP contribution is -2.06. The summed E-state index contributed by atoms with van der Waals surface area (Å²) < 4.78 is 7.34. The average Bonchev–Trinajstić information content (AvgIpc) is 2.74. The van der Waals surface area contributed by atoms with Gasteiger partial charge in [0.05, 0.1) is 6.61 Å². The minimum absolute atomic E-state index is 0.473. The molecule has 0 aliphatic carbocycles. The molecule has 0 amide bonds. The van der Waals surface area contributed by atoms with E-state index in [0.717, 1.165) is 29.7 Å². The lowest BCUT2D eigenvalue weighted by Gasteiger charge is -2.03. The van der Waals surface area contributed by atoms with E-state index < -0.39 is 0 Å². The van der Waals surface area contributed by atoms with Crippen molar-refractivity contribution in [1.82, 2.24) is 14.6 Å². The number of aryl methyl sites for hydroxylation is 1. The Kier molecular flexibility index (Phi) is 3.58. The van der Waals surface area contributed by atoms with E-state index in [9.17, 15) is 0 Å². The third-order valence-corrected chi connectivity index (χ3v) is 2.77. The van der Waals surface area contributed by atoms with E-state index in [0.29, 0.717) is 19.0 Å². The number of hydrogen-bond donors (Lipinski definition) is 1. The molecule has 2 heterocycles. The number of nitrogens with two attached hydrogens (primary N) is 1. The summed E-state index contributed by atoms with van der Waals surface area (Å²) in [7, 11) is 0. The van der Waals surface area contributed by atoms with E-state index in [-0.39, 0.29) is 0 Å². The Labute approximate surface area is 101 Å². The fourth-order valence-corrected chi connectivity index (χ4v) is 1.65. The lowest BCUT2D eigenvalue weighted by molar-refractivity contribution is 0.296. The van der Waals surface area contributed by atoms with Crippen molar-refractivity contribution in [3.63, 3.8) is 0 Å². The van der Waals surface area contributed by atoms with Crippen LogP contribution in [0.15, 0.2) is 12.3 Å². The van der Waals surface area contributed by atoms with Gasteiger partial charge in [-0.05, 0) is 13.3 Å². The van der Waals surface area contributed by atoms with E-state index in [4.69, 9.17) is 10.5 Å². The molecule has 17 heavy (non-hydrogen) atoms. The van der Waals surface area contributed by atoms with Crippen LogP contribution in [0.3, 0.4) is 0 Å². The summed E-state index contributed by atoms with van der Waals surface area (Å²) in [6.45, 7) is 5.29. The second kappa shape index (κ2) is 5.14. The summed E-state index contributed by atoms with van der Waals surface area (Å²) >= 11 is 0. The van der Waals surface area contributed by atoms with Crippen molar-refractivity contribution >= 4 is 5.65 Å². The predicted molar refractivity (Wildman–Crippen MR) is 66.0 cm³/mol. The fourth-order valence-electron chi connectivity index (χ4n) is 1.65. The molecule has 5 heteroatoms. The molecule has 0 saturated heterocycles. The predicted octanol–water partition coefficient (Wildman–Crippen LogP) is 1.68. The largest absolute Gasteiger partial charge is 0.477 e. The summed E-state index contributed by atoms with van der Waals surface area (Å²) in [6.07, 6.45) is 3.94. The first kappa shape index (κ1) is 11.9. The maximum Gasteiger partial charge on any atom is 0.235 e. The second-order valence-corrected chi connectivity index (χ2v) is 4.03. The van der Waals surface area contributed by atoms with Crippen molar-refractivity contribution < 1.29 is 4.74 Å². The fraction of sp³-hybridized carbons (Fsp3) is 0.500. The van der Waals surface area contributed by atoms with E-state index >= 15 is 0 Å². The maximum atomic E-state index is 5.63. The van der Waals surface area contributed by atoms with Crippen LogP contribution in [0.2, 0.25) is 0 Å². The van der Waals surface area contributed by atoms with Crippen molar-refractivity contribution in [2.45, 2.75) is 33.2 Å². The first-order valence-electron chi connectivity index (χ1n) is 5.93. The number of nitrogens with zero attached hydrogens (tertiary/aromatic N) is 3. The highest BCUT2D eigenvalue weighted by molar-refractivity contribution is 5.43. The SMILES string of the molecule is CCCCOc1cc2ncc(CN)c(C)n2n1. The van der Waals surface area contributed by atoms with Gasteiger partial charge in [-0.15, -0.1) is 5.10 Å². The summed E-state index contributed by atoms with van der Waals surface area (Å²) in [5.74, 6) is 0.628. The van der Waals surface area contributed by atoms with Gasteiger partial charge in [0.25, 0.3) is 0 Å². The highest BCUT2D eigenvalue weighted by Crippen LogP contribution is 2.15. The number of hydrogen-bond acceptors (Lipinski definition) is 4. The zero-order chi connectivity index (χ0) is 12.3. The number of rotatable bonds is 5. The minimum atomic E-state index is 0.473. The monoisotopic (exact) mass is 234 g/mol. The number of aromatic nitrogens is 3. The van der Waals surface area contributed by atoms with E-state index in [2.05, 4.69) is 17.0 Å². The molecule has 2 N–H and O–H groups in total. The first-order valence-corrected chi connectivity index (χ1v) is 5.93. The molecule has 2 aromatic rings. The Hall–Kier alpha value is -1.62. The molecule has 0 unspecified atom stereocenters. The molecule has 0 aliphatic rings. The van der Waals surface area contributed by atoms with Gasteiger partial charge in [-0.3, -0.25) is 0 Å². The highest BCUT2D eigenvalue weighted by atomic mass is 16.5. The number of fused-ring (bicyclic) bond motifs is 1. The van der Waals surface area contributed by atoms with Gasteiger partial charge < -0.3 is 10.5 Å². The Morgan fingerprint density at radius 3 is 3.00 bits per heavy atom. The van der Waals surface area contributed by atoms with Crippen molar-refractivity contribution in [2.24, 2.45) is 5.73 Å². The van der Waals surface area contributed by atoms with Crippen LogP contribution < -0.4 is 10.5 Å². The van der Waals surface area contributed by atoms with Crippen molar-refractivity contribution in [2.75, 3.05) is 6.61 Å². The van der Waals surface area contributed by atoms with Crippen molar-refractivity contribution in [3.05, 3.63) is 23.5 Å². The van der Waals surface area contributed by atoms with E-state index in [1.807, 2.05) is 13.0 Å². The average molecular weight is 234 g/mol. The molecule has 0 aliphatic heterocycles. The van der Waals surface area contributed by atoms with Crippen LogP contribution in [0, 0.1) is 6.92 Å². The van der Waals surface area contributed by atoms with Crippen molar-refractivity contribution in [1.29, 1.82) is 0 Å². The van der Waals surface area contributed by atoms with Gasteiger partial charge in [0, 0.05) is 30.1 Å². The smallest absolute Gasteiger partial charge is 0.235 e. The molecular weight excluding hydrogens is 216 g/mol. The second-order valence-electron chi connectivity index (χ2n) is 4.03. The molecule has 0 saturated carbocycles. The molecule has 0 atom stereocenters. The highest BCUT2D eigenvalue weighted by Gasteiger charge is 2.08. The molecule has 0 fully saturated rings. The van der Waals surface area contributed by atoms with Crippen LogP contribution in [-0.4, -0.2) is 21.2 Å². The Morgan fingerprint density at radius 1 is 1.47 bits per heavy atom. The summed E-state index contributed by atoms with van der Waals surface area (Å²) in [5.41, 5.74) is 8.45. The van der Waals surface area contributed by atoms with E-state index in [1.54, 1.807) is 10.7 Å². The third-order valence-electron chi connectivity index (χ3n) is 2.77. The molecular formula is C12H18N4O. The van der Waals surface area contributed by atoms with Crippen molar-refractivity contribution in [3.8, 4) is 5.88 Å². The lowest BCUT2D eigenvalue weighted by atomic mass is 10.2. The van der Waals surface area contributed by atoms with E-state index in [1.165, 1.54) is 0 Å². The quantitative estimate of drug-likeness (QED) is 0.799. The number of ether oxygens (including phenoxy) is 1. The minimum Gasteiger partial charge on any atom is -0.477 e. The molecule has 5 nitrogen and oxygen atoms in total. The molecule has 2 rings (SSSR count). The van der Waals surface area contributed by atoms with Crippen LogP contribution in [0.5, 0.6) is 5.88 Å². The summed E-state index contributed by atoms with van der Waals surface area (Å²) in [5, 5.41) is 4.37. The normalized spacial score (nSPS) is 11.0. The Morgan fingerprint density at radius 2 is 2.29 bits per heavy atom. The van der Waals surface area contributed by atoms with Gasteiger partial charge in [0.15, 0.2) is 5.65 Å². The van der Waals surface area contributed by atoms with Crippen LogP contribution in [0.25, 0.3) is 5.65 Å². The van der Waals surface area contributed by atoms with Crippen LogP contribution >= 0.6 is 0 Å². The van der Waals surface area contributed by atoms with Crippen LogP contribution in [0.4, 0.5) is 0 Å². The first-order chi connectivity index (χ1) is 8.26. The van der Waals surface area contributed by atoms with Gasteiger partial charge >= 0.3 is 0 Å². The molecule has 2 aromatic heterocycles. The Balaban J connectivity index is 2.27. The van der Waals surface area contributed by atoms with Gasteiger partial charge in [-0.1, -0.05) is 13.3 Å². The molecule has 0 bridgehead atoms. The van der Waals surface area contributed by atoms with Gasteiger partial charge in [0.2, 0.25) is 5.88 Å². The van der Waals surface area contributed by atoms with Gasteiger partial charge in [-0.25, -0.2) is 9.50 Å². The zero-order valence-electron chi connectivity index (χ0n) is 10.3. The molecule has 0 spiro atoms.